The fraction of sp³-hybridized carbons (Fsp3) is 0.368. The molecule has 2 nitrogen and oxygen atoms in total. The molecule has 1 aliphatic rings. The molecule has 3 rings (SSSR count). The number of nitrogen functional groups attached to an aromatic ring is 2. The molecule has 0 amide bonds. The minimum absolute atomic E-state index is 0.119. The monoisotopic (exact) mass is 280 g/mol. The van der Waals surface area contributed by atoms with Crippen molar-refractivity contribution in [2.75, 3.05) is 11.5 Å². The van der Waals surface area contributed by atoms with E-state index in [1.54, 1.807) is 0 Å². The maximum absolute atomic E-state index is 5.86. The van der Waals surface area contributed by atoms with Crippen LogP contribution in [0.25, 0.3) is 0 Å². The highest BCUT2D eigenvalue weighted by Gasteiger charge is 2.37. The maximum Gasteiger partial charge on any atom is 0.0314 e. The van der Waals surface area contributed by atoms with Crippen LogP contribution in [0.3, 0.4) is 0 Å². The molecule has 0 aromatic heterocycles. The Morgan fingerprint density at radius 1 is 0.762 bits per heavy atom. The SMILES string of the molecule is CC1CCC(c2ccc(N)cc2)(c2ccc(N)cc2)CC1. The Hall–Kier alpha value is -1.96. The fourth-order valence-corrected chi connectivity index (χ4v) is 3.60. The van der Waals surface area contributed by atoms with Crippen molar-refractivity contribution in [1.82, 2.24) is 0 Å². The Bertz CT molecular complexity index is 543. The van der Waals surface area contributed by atoms with E-state index in [1.807, 2.05) is 24.3 Å². The van der Waals surface area contributed by atoms with E-state index in [2.05, 4.69) is 31.2 Å². The molecular weight excluding hydrogens is 256 g/mol. The zero-order chi connectivity index (χ0) is 14.9. The number of nitrogens with two attached hydrogens (primary N) is 2. The highest BCUT2D eigenvalue weighted by Crippen LogP contribution is 2.46. The van der Waals surface area contributed by atoms with E-state index >= 15 is 0 Å². The van der Waals surface area contributed by atoms with Crippen LogP contribution in [0.5, 0.6) is 0 Å². The van der Waals surface area contributed by atoms with Gasteiger partial charge in [-0.3, -0.25) is 0 Å². The molecule has 1 aliphatic carbocycles. The van der Waals surface area contributed by atoms with Crippen LogP contribution < -0.4 is 11.5 Å². The Labute approximate surface area is 127 Å². The van der Waals surface area contributed by atoms with Gasteiger partial charge in [-0.1, -0.05) is 31.2 Å². The first-order valence-electron chi connectivity index (χ1n) is 7.82. The predicted molar refractivity (Wildman–Crippen MR) is 90.1 cm³/mol. The van der Waals surface area contributed by atoms with Crippen molar-refractivity contribution in [2.45, 2.75) is 38.0 Å². The largest absolute Gasteiger partial charge is 0.399 e. The molecule has 1 fully saturated rings. The fourth-order valence-electron chi connectivity index (χ4n) is 3.60. The van der Waals surface area contributed by atoms with Crippen molar-refractivity contribution in [3.8, 4) is 0 Å². The van der Waals surface area contributed by atoms with Crippen molar-refractivity contribution >= 4 is 11.4 Å². The van der Waals surface area contributed by atoms with Gasteiger partial charge in [-0.25, -0.2) is 0 Å². The van der Waals surface area contributed by atoms with Crippen LogP contribution >= 0.6 is 0 Å². The second-order valence-electron chi connectivity index (χ2n) is 6.51. The van der Waals surface area contributed by atoms with Crippen LogP contribution in [0.4, 0.5) is 11.4 Å². The van der Waals surface area contributed by atoms with Gasteiger partial charge in [-0.05, 0) is 67.0 Å². The first kappa shape index (κ1) is 14.0. The molecule has 2 heteroatoms. The van der Waals surface area contributed by atoms with Gasteiger partial charge >= 0.3 is 0 Å². The van der Waals surface area contributed by atoms with Crippen LogP contribution in [0.2, 0.25) is 0 Å². The highest BCUT2D eigenvalue weighted by molar-refractivity contribution is 5.49. The van der Waals surface area contributed by atoms with Gasteiger partial charge in [-0.15, -0.1) is 0 Å². The van der Waals surface area contributed by atoms with Crippen LogP contribution in [0.1, 0.15) is 43.7 Å². The second kappa shape index (κ2) is 5.44. The van der Waals surface area contributed by atoms with Gasteiger partial charge in [0.2, 0.25) is 0 Å². The molecule has 2 aromatic carbocycles. The maximum atomic E-state index is 5.86. The van der Waals surface area contributed by atoms with E-state index in [-0.39, 0.29) is 5.41 Å². The van der Waals surface area contributed by atoms with Gasteiger partial charge in [0.25, 0.3) is 0 Å². The van der Waals surface area contributed by atoms with E-state index in [9.17, 15) is 0 Å². The lowest BCUT2D eigenvalue weighted by molar-refractivity contribution is 0.280. The molecule has 21 heavy (non-hydrogen) atoms. The summed E-state index contributed by atoms with van der Waals surface area (Å²) in [5.41, 5.74) is 16.3. The summed E-state index contributed by atoms with van der Waals surface area (Å²) >= 11 is 0. The van der Waals surface area contributed by atoms with E-state index in [0.29, 0.717) is 0 Å². The van der Waals surface area contributed by atoms with Gasteiger partial charge < -0.3 is 11.5 Å². The number of hydrogen-bond acceptors (Lipinski definition) is 2. The third-order valence-corrected chi connectivity index (χ3v) is 5.05. The van der Waals surface area contributed by atoms with Crippen LogP contribution in [0, 0.1) is 5.92 Å². The summed E-state index contributed by atoms with van der Waals surface area (Å²) in [6.07, 6.45) is 4.94. The molecule has 110 valence electrons. The average Bonchev–Trinajstić information content (AvgIpc) is 2.50. The standard InChI is InChI=1S/C19H24N2/c1-14-10-12-19(13-11-14,15-2-6-17(20)7-3-15)16-4-8-18(21)9-5-16/h2-9,14H,10-13,20-21H2,1H3. The predicted octanol–water partition coefficient (Wildman–Crippen LogP) is 4.35. The van der Waals surface area contributed by atoms with Crippen molar-refractivity contribution in [3.05, 3.63) is 59.7 Å². The van der Waals surface area contributed by atoms with Crippen LogP contribution in [-0.4, -0.2) is 0 Å². The minimum Gasteiger partial charge on any atom is -0.399 e. The third kappa shape index (κ3) is 2.63. The number of benzene rings is 2. The molecule has 0 heterocycles. The van der Waals surface area contributed by atoms with Gasteiger partial charge in [0.1, 0.15) is 0 Å². The number of anilines is 2. The highest BCUT2D eigenvalue weighted by atomic mass is 14.5. The van der Waals surface area contributed by atoms with E-state index in [4.69, 9.17) is 11.5 Å². The molecule has 0 saturated heterocycles. The van der Waals surface area contributed by atoms with Crippen LogP contribution in [-0.2, 0) is 5.41 Å². The summed E-state index contributed by atoms with van der Waals surface area (Å²) in [4.78, 5) is 0. The summed E-state index contributed by atoms with van der Waals surface area (Å²) in [5.74, 6) is 0.820. The Morgan fingerprint density at radius 3 is 1.52 bits per heavy atom. The normalized spacial score (nSPS) is 18.5. The molecule has 4 N–H and O–H groups in total. The Balaban J connectivity index is 2.06. The van der Waals surface area contributed by atoms with E-state index < -0.39 is 0 Å². The van der Waals surface area contributed by atoms with Gasteiger partial charge in [0, 0.05) is 16.8 Å². The lowest BCUT2D eigenvalue weighted by atomic mass is 9.63. The molecule has 0 bridgehead atoms. The van der Waals surface area contributed by atoms with Gasteiger partial charge in [0.15, 0.2) is 0 Å². The lowest BCUT2D eigenvalue weighted by Crippen LogP contribution is -2.32. The summed E-state index contributed by atoms with van der Waals surface area (Å²) in [6.45, 7) is 2.36. The molecule has 1 saturated carbocycles. The zero-order valence-corrected chi connectivity index (χ0v) is 12.7. The van der Waals surface area contributed by atoms with Crippen molar-refractivity contribution in [3.63, 3.8) is 0 Å². The van der Waals surface area contributed by atoms with E-state index in [1.165, 1.54) is 36.8 Å². The first-order chi connectivity index (χ1) is 10.1. The summed E-state index contributed by atoms with van der Waals surface area (Å²) in [5, 5.41) is 0. The molecule has 0 atom stereocenters. The van der Waals surface area contributed by atoms with Crippen molar-refractivity contribution < 1.29 is 0 Å². The van der Waals surface area contributed by atoms with Gasteiger partial charge in [0.05, 0.1) is 0 Å². The molecule has 0 spiro atoms. The third-order valence-electron chi connectivity index (χ3n) is 5.05. The van der Waals surface area contributed by atoms with Crippen LogP contribution in [0.15, 0.2) is 48.5 Å². The Kier molecular flexibility index (Phi) is 3.62. The quantitative estimate of drug-likeness (QED) is 0.804. The average molecular weight is 280 g/mol. The lowest BCUT2D eigenvalue weighted by Gasteiger charge is -2.40. The van der Waals surface area contributed by atoms with Crippen molar-refractivity contribution in [1.29, 1.82) is 0 Å². The molecule has 0 radical (unpaired) electrons. The summed E-state index contributed by atoms with van der Waals surface area (Å²) < 4.78 is 0. The number of rotatable bonds is 2. The minimum atomic E-state index is 0.119. The van der Waals surface area contributed by atoms with E-state index in [0.717, 1.165) is 17.3 Å². The summed E-state index contributed by atoms with van der Waals surface area (Å²) in [6, 6.07) is 16.9. The smallest absolute Gasteiger partial charge is 0.0314 e. The second-order valence-corrected chi connectivity index (χ2v) is 6.51. The molecule has 0 unspecified atom stereocenters. The Morgan fingerprint density at radius 2 is 1.14 bits per heavy atom. The summed E-state index contributed by atoms with van der Waals surface area (Å²) in [7, 11) is 0. The molecule has 2 aromatic rings. The zero-order valence-electron chi connectivity index (χ0n) is 12.7. The first-order valence-corrected chi connectivity index (χ1v) is 7.82. The number of hydrogen-bond donors (Lipinski definition) is 2. The van der Waals surface area contributed by atoms with Crippen molar-refractivity contribution in [2.24, 2.45) is 5.92 Å². The molecule has 0 aliphatic heterocycles. The van der Waals surface area contributed by atoms with Gasteiger partial charge in [-0.2, -0.15) is 0 Å². The molecular formula is C19H24N2. The topological polar surface area (TPSA) is 52.0 Å².